The van der Waals surface area contributed by atoms with E-state index in [1.807, 2.05) is 49.4 Å². The van der Waals surface area contributed by atoms with E-state index in [-0.39, 0.29) is 11.7 Å². The molecule has 6 nitrogen and oxygen atoms in total. The predicted octanol–water partition coefficient (Wildman–Crippen LogP) is 7.08. The first kappa shape index (κ1) is 24.6. The molecule has 0 aliphatic carbocycles. The van der Waals surface area contributed by atoms with Crippen molar-refractivity contribution in [3.8, 4) is 0 Å². The van der Waals surface area contributed by atoms with Crippen LogP contribution in [0.3, 0.4) is 0 Å². The summed E-state index contributed by atoms with van der Waals surface area (Å²) in [6.45, 7) is 3.95. The number of allylic oxidation sites excluding steroid dienone is 2. The molecule has 182 valence electrons. The summed E-state index contributed by atoms with van der Waals surface area (Å²) in [5.74, 6) is -0.511. The minimum absolute atomic E-state index is 0.190. The van der Waals surface area contributed by atoms with Gasteiger partial charge in [0.25, 0.3) is 5.91 Å². The summed E-state index contributed by atoms with van der Waals surface area (Å²) in [7, 11) is 1.73. The third-order valence-corrected chi connectivity index (χ3v) is 5.71. The highest BCUT2D eigenvalue weighted by Crippen LogP contribution is 2.27. The molecule has 1 aromatic heterocycles. The van der Waals surface area contributed by atoms with Gasteiger partial charge in [-0.25, -0.2) is 4.39 Å². The van der Waals surface area contributed by atoms with E-state index in [2.05, 4.69) is 32.9 Å². The van der Waals surface area contributed by atoms with Crippen LogP contribution in [0, 0.1) is 12.7 Å². The van der Waals surface area contributed by atoms with Crippen LogP contribution >= 0.6 is 0 Å². The quantitative estimate of drug-likeness (QED) is 0.235. The number of pyridine rings is 1. The number of halogens is 1. The molecule has 0 saturated carbocycles. The third-order valence-electron chi connectivity index (χ3n) is 5.71. The highest BCUT2D eigenvalue weighted by atomic mass is 19.1. The van der Waals surface area contributed by atoms with Crippen molar-refractivity contribution in [2.45, 2.75) is 20.3 Å². The lowest BCUT2D eigenvalue weighted by molar-refractivity contribution is 0.102. The van der Waals surface area contributed by atoms with E-state index in [4.69, 9.17) is 0 Å². The van der Waals surface area contributed by atoms with Gasteiger partial charge in [0.2, 0.25) is 0 Å². The summed E-state index contributed by atoms with van der Waals surface area (Å²) in [5, 5.41) is 10.3. The third kappa shape index (κ3) is 5.93. The molecule has 0 atom stereocenters. The van der Waals surface area contributed by atoms with E-state index >= 15 is 0 Å². The Morgan fingerprint density at radius 1 is 0.972 bits per heavy atom. The minimum Gasteiger partial charge on any atom is -0.359 e. The van der Waals surface area contributed by atoms with E-state index in [1.54, 1.807) is 37.7 Å². The van der Waals surface area contributed by atoms with Crippen molar-refractivity contribution in [1.29, 1.82) is 0 Å². The molecule has 3 aromatic carbocycles. The van der Waals surface area contributed by atoms with Crippen LogP contribution in [-0.4, -0.2) is 24.2 Å². The number of aromatic nitrogens is 1. The molecule has 1 heterocycles. The Balaban J connectivity index is 1.45. The Labute approximate surface area is 210 Å². The van der Waals surface area contributed by atoms with E-state index in [9.17, 15) is 9.18 Å². The molecular formula is C29H28FN5O. The van der Waals surface area contributed by atoms with Gasteiger partial charge >= 0.3 is 0 Å². The Morgan fingerprint density at radius 3 is 2.39 bits per heavy atom. The zero-order chi connectivity index (χ0) is 25.5. The average molecular weight is 482 g/mol. The molecule has 0 unspecified atom stereocenters. The maximum atomic E-state index is 13.8. The van der Waals surface area contributed by atoms with Crippen LogP contribution < -0.4 is 16.0 Å². The topological polar surface area (TPSA) is 78.4 Å². The fourth-order valence-electron chi connectivity index (χ4n) is 3.81. The Hall–Kier alpha value is -4.52. The summed E-state index contributed by atoms with van der Waals surface area (Å²) in [4.78, 5) is 21.2. The molecule has 3 N–H and O–H groups in total. The van der Waals surface area contributed by atoms with Crippen molar-refractivity contribution in [3.05, 3.63) is 102 Å². The fraction of sp³-hybridized carbons (Fsp3) is 0.138. The molecule has 0 aliphatic heterocycles. The number of carbonyl (C=O) groups is 1. The molecule has 7 heteroatoms. The zero-order valence-corrected chi connectivity index (χ0v) is 20.5. The number of nitrogens with one attached hydrogen (secondary N) is 3. The van der Waals surface area contributed by atoms with Gasteiger partial charge in [-0.05, 0) is 91.7 Å². The smallest absolute Gasteiger partial charge is 0.255 e. The lowest BCUT2D eigenvalue weighted by Crippen LogP contribution is -2.13. The Kier molecular flexibility index (Phi) is 7.70. The second kappa shape index (κ2) is 11.3. The van der Waals surface area contributed by atoms with Gasteiger partial charge in [-0.3, -0.25) is 14.8 Å². The van der Waals surface area contributed by atoms with Crippen molar-refractivity contribution in [1.82, 2.24) is 4.98 Å². The van der Waals surface area contributed by atoms with Crippen molar-refractivity contribution in [2.75, 3.05) is 23.0 Å². The van der Waals surface area contributed by atoms with Crippen LogP contribution in [0.4, 0.5) is 27.1 Å². The van der Waals surface area contributed by atoms with Gasteiger partial charge in [0.1, 0.15) is 5.82 Å². The normalized spacial score (nSPS) is 11.6. The molecule has 36 heavy (non-hydrogen) atoms. The number of anilines is 4. The molecule has 0 spiro atoms. The van der Waals surface area contributed by atoms with Gasteiger partial charge in [0.05, 0.1) is 5.52 Å². The van der Waals surface area contributed by atoms with Gasteiger partial charge < -0.3 is 16.0 Å². The molecule has 4 rings (SSSR count). The molecule has 0 bridgehead atoms. The first-order valence-electron chi connectivity index (χ1n) is 11.7. The molecule has 4 aromatic rings. The highest BCUT2D eigenvalue weighted by molar-refractivity contribution is 6.05. The first-order valence-corrected chi connectivity index (χ1v) is 11.7. The number of aryl methyl sites for hydroxylation is 1. The predicted molar refractivity (Wildman–Crippen MR) is 147 cm³/mol. The van der Waals surface area contributed by atoms with Gasteiger partial charge in [-0.1, -0.05) is 6.92 Å². The average Bonchev–Trinajstić information content (AvgIpc) is 2.88. The van der Waals surface area contributed by atoms with Crippen LogP contribution in [0.1, 0.15) is 29.3 Å². The van der Waals surface area contributed by atoms with E-state index in [0.29, 0.717) is 22.2 Å². The number of aliphatic imine (C=N–C) groups is 1. The molecular weight excluding hydrogens is 453 g/mol. The Bertz CT molecular complexity index is 1440. The van der Waals surface area contributed by atoms with Crippen LogP contribution in [0.2, 0.25) is 0 Å². The van der Waals surface area contributed by atoms with Crippen molar-refractivity contribution < 1.29 is 9.18 Å². The standard InChI is InChI=1S/C29H28FN5O/c1-4-21(13-15-31-3)33-22-6-8-23(9-7-22)35-29(36)25-11-10-24(17-19(25)2)34-28-14-16-32-27-12-5-20(30)18-26(27)28/h5-18,33H,4H2,1-3H3,(H,32,34)(H,35,36)/b21-13+,31-15?. The SMILES string of the molecule is CC/C(=C\C=NC)Nc1ccc(NC(=O)c2ccc(Nc3ccnc4ccc(F)cc34)cc2C)cc1. The lowest BCUT2D eigenvalue weighted by atomic mass is 10.1. The summed E-state index contributed by atoms with van der Waals surface area (Å²) in [5.41, 5.74) is 6.31. The van der Waals surface area contributed by atoms with E-state index < -0.39 is 0 Å². The largest absolute Gasteiger partial charge is 0.359 e. The number of nitrogens with zero attached hydrogens (tertiary/aromatic N) is 2. The molecule has 1 amide bonds. The zero-order valence-electron chi connectivity index (χ0n) is 20.5. The van der Waals surface area contributed by atoms with E-state index in [0.717, 1.165) is 34.7 Å². The molecule has 0 aliphatic rings. The summed E-state index contributed by atoms with van der Waals surface area (Å²) < 4.78 is 13.8. The summed E-state index contributed by atoms with van der Waals surface area (Å²) >= 11 is 0. The van der Waals surface area contributed by atoms with Crippen molar-refractivity contribution >= 4 is 45.8 Å². The first-order chi connectivity index (χ1) is 17.5. The number of rotatable bonds is 8. The van der Waals surface area contributed by atoms with Crippen molar-refractivity contribution in [3.63, 3.8) is 0 Å². The number of hydrogen-bond acceptors (Lipinski definition) is 5. The van der Waals surface area contributed by atoms with Gasteiger partial charge in [-0.15, -0.1) is 0 Å². The van der Waals surface area contributed by atoms with Crippen molar-refractivity contribution in [2.24, 2.45) is 4.99 Å². The van der Waals surface area contributed by atoms with Crippen LogP contribution in [-0.2, 0) is 0 Å². The maximum absolute atomic E-state index is 13.8. The summed E-state index contributed by atoms with van der Waals surface area (Å²) in [6.07, 6.45) is 6.22. The van der Waals surface area contributed by atoms with Crippen LogP contribution in [0.5, 0.6) is 0 Å². The maximum Gasteiger partial charge on any atom is 0.255 e. The highest BCUT2D eigenvalue weighted by Gasteiger charge is 2.11. The van der Waals surface area contributed by atoms with Gasteiger partial charge in [0, 0.05) is 58.9 Å². The molecule has 0 saturated heterocycles. The lowest BCUT2D eigenvalue weighted by Gasteiger charge is -2.13. The summed E-state index contributed by atoms with van der Waals surface area (Å²) in [6, 6.07) is 19.4. The number of fused-ring (bicyclic) bond motifs is 1. The minimum atomic E-state index is -0.321. The fourth-order valence-corrected chi connectivity index (χ4v) is 3.81. The second-order valence-corrected chi connectivity index (χ2v) is 8.28. The van der Waals surface area contributed by atoms with Gasteiger partial charge in [0.15, 0.2) is 0 Å². The number of amides is 1. The van der Waals surface area contributed by atoms with Gasteiger partial charge in [-0.2, -0.15) is 0 Å². The Morgan fingerprint density at radius 2 is 1.69 bits per heavy atom. The number of carbonyl (C=O) groups excluding carboxylic acids is 1. The van der Waals surface area contributed by atoms with Crippen LogP contribution in [0.15, 0.2) is 89.7 Å². The van der Waals surface area contributed by atoms with Crippen LogP contribution in [0.25, 0.3) is 10.9 Å². The second-order valence-electron chi connectivity index (χ2n) is 8.28. The molecule has 0 fully saturated rings. The van der Waals surface area contributed by atoms with E-state index in [1.165, 1.54) is 12.1 Å². The molecule has 0 radical (unpaired) electrons. The number of hydrogen-bond donors (Lipinski definition) is 3. The monoisotopic (exact) mass is 481 g/mol. The number of benzene rings is 3.